The number of ether oxygens (including phenoxy) is 1. The second-order valence-electron chi connectivity index (χ2n) is 1.96. The van der Waals surface area contributed by atoms with Gasteiger partial charge in [-0.25, -0.2) is 13.2 Å². The summed E-state index contributed by atoms with van der Waals surface area (Å²) < 4.78 is 38.0. The molecule has 0 aliphatic rings. The largest absolute Gasteiger partial charge is 1.00 e. The molecule has 0 heterocycles. The van der Waals surface area contributed by atoms with Gasteiger partial charge in [0.25, 0.3) is 0 Å². The van der Waals surface area contributed by atoms with Gasteiger partial charge in [0.05, 0.1) is 13.2 Å². The molecule has 0 saturated heterocycles. The third-order valence-corrected chi connectivity index (χ3v) is 1.38. The van der Waals surface area contributed by atoms with Crippen LogP contribution in [0, 0.1) is 0 Å². The molecule has 0 fully saturated rings. The second-order valence-corrected chi connectivity index (χ2v) is 3.01. The fraction of sp³-hybridized carbons (Fsp3) is 0.500. The fourth-order valence-corrected chi connectivity index (χ4v) is 0.774. The van der Waals surface area contributed by atoms with Crippen molar-refractivity contribution < 1.29 is 56.2 Å². The van der Waals surface area contributed by atoms with Gasteiger partial charge in [0.2, 0.25) is 10.4 Å². The van der Waals surface area contributed by atoms with Crippen LogP contribution in [0.15, 0.2) is 12.7 Å². The molecule has 0 aliphatic heterocycles. The summed E-state index contributed by atoms with van der Waals surface area (Å²) in [7, 11) is -4.64. The molecular formula is C6H9NaO6S. The van der Waals surface area contributed by atoms with Crippen molar-refractivity contribution in [3.8, 4) is 0 Å². The van der Waals surface area contributed by atoms with Crippen LogP contribution in [0.4, 0.5) is 0 Å². The Morgan fingerprint density at radius 3 is 2.43 bits per heavy atom. The first-order chi connectivity index (χ1) is 5.95. The van der Waals surface area contributed by atoms with Crippen molar-refractivity contribution >= 4 is 16.4 Å². The van der Waals surface area contributed by atoms with Gasteiger partial charge in [0.15, 0.2) is 0 Å². The quantitative estimate of drug-likeness (QED) is 0.118. The molecule has 0 N–H and O–H groups in total. The Morgan fingerprint density at radius 1 is 1.43 bits per heavy atom. The zero-order chi connectivity index (χ0) is 10.3. The van der Waals surface area contributed by atoms with Crippen LogP contribution in [0.5, 0.6) is 0 Å². The van der Waals surface area contributed by atoms with Gasteiger partial charge in [-0.3, -0.25) is 4.18 Å². The van der Waals surface area contributed by atoms with Crippen molar-refractivity contribution in [3.63, 3.8) is 0 Å². The minimum atomic E-state index is -4.64. The van der Waals surface area contributed by atoms with Gasteiger partial charge in [-0.2, -0.15) is 0 Å². The van der Waals surface area contributed by atoms with E-state index in [1.807, 2.05) is 0 Å². The summed E-state index contributed by atoms with van der Waals surface area (Å²) in [6.45, 7) is 2.84. The average Bonchev–Trinajstić information content (AvgIpc) is 2.01. The summed E-state index contributed by atoms with van der Waals surface area (Å²) in [5.41, 5.74) is 0. The zero-order valence-corrected chi connectivity index (χ0v) is 10.6. The van der Waals surface area contributed by atoms with Crippen molar-refractivity contribution in [2.75, 3.05) is 13.2 Å². The van der Waals surface area contributed by atoms with E-state index in [-0.39, 0.29) is 49.2 Å². The molecule has 0 unspecified atom stereocenters. The smallest absolute Gasteiger partial charge is 0.726 e. The summed E-state index contributed by atoms with van der Waals surface area (Å²) in [6, 6.07) is 0. The van der Waals surface area contributed by atoms with Gasteiger partial charge in [-0.1, -0.05) is 6.58 Å². The molecule has 8 heteroatoms. The van der Waals surface area contributed by atoms with E-state index in [1.165, 1.54) is 0 Å². The van der Waals surface area contributed by atoms with Crippen molar-refractivity contribution in [3.05, 3.63) is 12.7 Å². The van der Waals surface area contributed by atoms with E-state index in [1.54, 1.807) is 0 Å². The Labute approximate surface area is 105 Å². The third kappa shape index (κ3) is 12.1. The second kappa shape index (κ2) is 8.39. The summed E-state index contributed by atoms with van der Waals surface area (Å²) in [6.07, 6.45) is 1.12. The first-order valence-corrected chi connectivity index (χ1v) is 4.68. The Balaban J connectivity index is 0. The minimum Gasteiger partial charge on any atom is -0.726 e. The van der Waals surface area contributed by atoms with Crippen LogP contribution >= 0.6 is 0 Å². The Kier molecular flexibility index (Phi) is 9.90. The van der Waals surface area contributed by atoms with E-state index in [0.29, 0.717) is 0 Å². The molecule has 0 aliphatic carbocycles. The van der Waals surface area contributed by atoms with Gasteiger partial charge in [0, 0.05) is 12.5 Å². The van der Waals surface area contributed by atoms with Gasteiger partial charge in [-0.05, 0) is 0 Å². The number of carbonyl (C=O) groups is 1. The van der Waals surface area contributed by atoms with Crippen molar-refractivity contribution in [1.82, 2.24) is 0 Å². The maximum atomic E-state index is 10.4. The molecule has 0 amide bonds. The maximum Gasteiger partial charge on any atom is 1.00 e. The summed E-state index contributed by atoms with van der Waals surface area (Å²) in [5, 5.41) is 0. The zero-order valence-electron chi connectivity index (χ0n) is 7.76. The average molecular weight is 232 g/mol. The molecule has 0 spiro atoms. The summed E-state index contributed by atoms with van der Waals surface area (Å²) in [4.78, 5) is 10.4. The van der Waals surface area contributed by atoms with Gasteiger partial charge in [0.1, 0.15) is 0 Å². The van der Waals surface area contributed by atoms with Crippen LogP contribution in [-0.4, -0.2) is 32.2 Å². The number of rotatable bonds is 6. The predicted octanol–water partition coefficient (Wildman–Crippen LogP) is -3.41. The van der Waals surface area contributed by atoms with E-state index < -0.39 is 16.4 Å². The predicted molar refractivity (Wildman–Crippen MR) is 41.4 cm³/mol. The van der Waals surface area contributed by atoms with Gasteiger partial charge in [-0.15, -0.1) is 0 Å². The number of hydrogen-bond acceptors (Lipinski definition) is 6. The third-order valence-electron chi connectivity index (χ3n) is 0.927. The van der Waals surface area contributed by atoms with Crippen molar-refractivity contribution in [2.45, 2.75) is 6.42 Å². The van der Waals surface area contributed by atoms with Gasteiger partial charge < -0.3 is 9.29 Å². The molecule has 14 heavy (non-hydrogen) atoms. The van der Waals surface area contributed by atoms with Crippen LogP contribution in [-0.2, 0) is 24.1 Å². The standard InChI is InChI=1S/C6H10O6S.Na/c1-2-6(7)11-4-3-5-12-13(8,9)10;/h2H,1,3-5H2,(H,8,9,10);/q;+1/p-1. The summed E-state index contributed by atoms with van der Waals surface area (Å²) in [5.74, 6) is -0.606. The molecule has 6 nitrogen and oxygen atoms in total. The molecule has 0 aromatic carbocycles. The molecule has 0 aromatic rings. The van der Waals surface area contributed by atoms with Crippen LogP contribution in [0.3, 0.4) is 0 Å². The van der Waals surface area contributed by atoms with E-state index in [0.717, 1.165) is 6.08 Å². The van der Waals surface area contributed by atoms with Crippen molar-refractivity contribution in [2.24, 2.45) is 0 Å². The van der Waals surface area contributed by atoms with Crippen LogP contribution in [0.25, 0.3) is 0 Å². The fourth-order valence-electron chi connectivity index (χ4n) is 0.452. The van der Waals surface area contributed by atoms with Crippen LogP contribution in [0.1, 0.15) is 6.42 Å². The molecule has 0 saturated carbocycles. The topological polar surface area (TPSA) is 92.7 Å². The van der Waals surface area contributed by atoms with E-state index in [4.69, 9.17) is 0 Å². The minimum absolute atomic E-state index is 0. The monoisotopic (exact) mass is 232 g/mol. The van der Waals surface area contributed by atoms with Crippen molar-refractivity contribution in [1.29, 1.82) is 0 Å². The van der Waals surface area contributed by atoms with Crippen LogP contribution in [0.2, 0.25) is 0 Å². The molecule has 0 atom stereocenters. The molecule has 0 bridgehead atoms. The Morgan fingerprint density at radius 2 is 2.00 bits per heavy atom. The summed E-state index contributed by atoms with van der Waals surface area (Å²) >= 11 is 0. The van der Waals surface area contributed by atoms with E-state index in [2.05, 4.69) is 15.5 Å². The van der Waals surface area contributed by atoms with Crippen LogP contribution < -0.4 is 29.6 Å². The molecular weight excluding hydrogens is 223 g/mol. The normalized spacial score (nSPS) is 10.1. The SMILES string of the molecule is C=CC(=O)OCCCOS(=O)(=O)[O-].[Na+]. The number of hydrogen-bond donors (Lipinski definition) is 0. The maximum absolute atomic E-state index is 10.4. The molecule has 0 radical (unpaired) electrons. The Hall–Kier alpha value is 0.0800. The van der Waals surface area contributed by atoms with E-state index >= 15 is 0 Å². The molecule has 76 valence electrons. The number of carbonyl (C=O) groups excluding carboxylic acids is 1. The first kappa shape index (κ1) is 16.5. The molecule has 0 rings (SSSR count). The first-order valence-electron chi connectivity index (χ1n) is 3.35. The van der Waals surface area contributed by atoms with Gasteiger partial charge >= 0.3 is 35.5 Å². The Bertz CT molecular complexity index is 272. The van der Waals surface area contributed by atoms with E-state index in [9.17, 15) is 17.8 Å². The number of esters is 1. The molecule has 0 aromatic heterocycles.